The van der Waals surface area contributed by atoms with Crippen LogP contribution in [0.25, 0.3) is 0 Å². The highest BCUT2D eigenvalue weighted by Gasteiger charge is 2.21. The molecule has 5 N–H and O–H groups in total. The number of hydrogen-bond acceptors (Lipinski definition) is 4. The molecule has 0 saturated heterocycles. The van der Waals surface area contributed by atoms with Gasteiger partial charge in [0.15, 0.2) is 0 Å². The molecule has 0 aliphatic heterocycles. The number of hydrogen-bond donors (Lipinski definition) is 4. The number of nitrogens with two attached hydrogens (primary N) is 1. The van der Waals surface area contributed by atoms with Gasteiger partial charge in [0.2, 0.25) is 0 Å². The fourth-order valence-electron chi connectivity index (χ4n) is 1.33. The van der Waals surface area contributed by atoms with Gasteiger partial charge < -0.3 is 14.5 Å². The molecular formula is C9H15N2O4P. The predicted molar refractivity (Wildman–Crippen MR) is 60.0 cm³/mol. The Morgan fingerprint density at radius 3 is 2.38 bits per heavy atom. The zero-order chi connectivity index (χ0) is 12.2. The number of hydrazine groups is 1. The van der Waals surface area contributed by atoms with Crippen LogP contribution in [0.15, 0.2) is 24.3 Å². The lowest BCUT2D eigenvalue weighted by Gasteiger charge is -2.17. The molecule has 1 rings (SSSR count). The number of methoxy groups -OCH3 is 1. The lowest BCUT2D eigenvalue weighted by Crippen LogP contribution is -2.30. The first-order valence-corrected chi connectivity index (χ1v) is 6.40. The molecule has 1 atom stereocenters. The van der Waals surface area contributed by atoms with Crippen LogP contribution in [-0.2, 0) is 4.57 Å². The minimum absolute atomic E-state index is 0.337. The maximum absolute atomic E-state index is 10.9. The molecule has 0 amide bonds. The molecule has 0 aliphatic carbocycles. The van der Waals surface area contributed by atoms with Gasteiger partial charge in [-0.05, 0) is 17.7 Å². The van der Waals surface area contributed by atoms with Crippen molar-refractivity contribution in [3.63, 3.8) is 0 Å². The maximum atomic E-state index is 10.9. The highest BCUT2D eigenvalue weighted by Crippen LogP contribution is 2.38. The maximum Gasteiger partial charge on any atom is 0.327 e. The van der Waals surface area contributed by atoms with E-state index in [1.165, 1.54) is 0 Å². The summed E-state index contributed by atoms with van der Waals surface area (Å²) in [5.74, 6) is 5.93. The standard InChI is InChI=1S/C9H15N2O4P/c1-15-8-4-2-7(3-5-8)9(11-10)6-16(12,13)14/h2-5,9,11H,6,10H2,1H3,(H2,12,13,14). The Morgan fingerprint density at radius 1 is 1.44 bits per heavy atom. The minimum atomic E-state index is -4.10. The molecule has 1 aromatic carbocycles. The van der Waals surface area contributed by atoms with Gasteiger partial charge in [0.25, 0.3) is 0 Å². The lowest BCUT2D eigenvalue weighted by atomic mass is 10.1. The van der Waals surface area contributed by atoms with Crippen molar-refractivity contribution in [3.8, 4) is 5.75 Å². The predicted octanol–water partition coefficient (Wildman–Crippen LogP) is 0.377. The van der Waals surface area contributed by atoms with Crippen LogP contribution >= 0.6 is 7.60 Å². The number of benzene rings is 1. The summed E-state index contributed by atoms with van der Waals surface area (Å²) in [5.41, 5.74) is 3.08. The van der Waals surface area contributed by atoms with E-state index in [0.29, 0.717) is 11.3 Å². The van der Waals surface area contributed by atoms with Gasteiger partial charge in [0.05, 0.1) is 19.3 Å². The monoisotopic (exact) mass is 246 g/mol. The first-order chi connectivity index (χ1) is 7.46. The Morgan fingerprint density at radius 2 is 2.00 bits per heavy atom. The third-order valence-corrected chi connectivity index (χ3v) is 2.98. The summed E-state index contributed by atoms with van der Waals surface area (Å²) < 4.78 is 15.8. The minimum Gasteiger partial charge on any atom is -0.497 e. The van der Waals surface area contributed by atoms with E-state index in [-0.39, 0.29) is 6.16 Å². The molecule has 0 aliphatic rings. The lowest BCUT2D eigenvalue weighted by molar-refractivity contribution is 0.364. The van der Waals surface area contributed by atoms with E-state index in [9.17, 15) is 4.57 Å². The molecule has 0 spiro atoms. The van der Waals surface area contributed by atoms with E-state index in [4.69, 9.17) is 20.4 Å². The van der Waals surface area contributed by atoms with Crippen molar-refractivity contribution < 1.29 is 19.1 Å². The molecule has 0 radical (unpaired) electrons. The average Bonchev–Trinajstić information content (AvgIpc) is 2.25. The van der Waals surface area contributed by atoms with Crippen LogP contribution in [0.5, 0.6) is 5.75 Å². The Labute approximate surface area is 93.6 Å². The average molecular weight is 246 g/mol. The smallest absolute Gasteiger partial charge is 0.327 e. The van der Waals surface area contributed by atoms with E-state index < -0.39 is 13.6 Å². The van der Waals surface area contributed by atoms with Crippen LogP contribution in [-0.4, -0.2) is 23.1 Å². The fourth-order valence-corrected chi connectivity index (χ4v) is 2.12. The second-order valence-corrected chi connectivity index (χ2v) is 5.03. The highest BCUT2D eigenvalue weighted by atomic mass is 31.2. The van der Waals surface area contributed by atoms with Gasteiger partial charge in [0.1, 0.15) is 5.75 Å². The van der Waals surface area contributed by atoms with Crippen LogP contribution in [0.4, 0.5) is 0 Å². The van der Waals surface area contributed by atoms with Crippen LogP contribution < -0.4 is 16.0 Å². The van der Waals surface area contributed by atoms with E-state index in [2.05, 4.69) is 5.43 Å². The SMILES string of the molecule is COc1ccc(C(CP(=O)(O)O)NN)cc1. The van der Waals surface area contributed by atoms with Gasteiger partial charge in [-0.15, -0.1) is 0 Å². The zero-order valence-corrected chi connectivity index (χ0v) is 9.72. The first-order valence-electron chi connectivity index (χ1n) is 4.61. The first kappa shape index (κ1) is 13.2. The Hall–Kier alpha value is -0.910. The molecule has 0 fully saturated rings. The molecule has 0 heterocycles. The Balaban J connectivity index is 2.83. The van der Waals surface area contributed by atoms with Gasteiger partial charge in [-0.3, -0.25) is 15.8 Å². The van der Waals surface area contributed by atoms with Gasteiger partial charge >= 0.3 is 7.60 Å². The van der Waals surface area contributed by atoms with Crippen LogP contribution in [0, 0.1) is 0 Å². The van der Waals surface area contributed by atoms with Crippen molar-refractivity contribution in [2.75, 3.05) is 13.3 Å². The summed E-state index contributed by atoms with van der Waals surface area (Å²) in [5, 5.41) is 0. The van der Waals surface area contributed by atoms with Crippen molar-refractivity contribution in [2.45, 2.75) is 6.04 Å². The van der Waals surface area contributed by atoms with E-state index in [1.54, 1.807) is 31.4 Å². The second-order valence-electron chi connectivity index (χ2n) is 3.34. The molecule has 1 unspecified atom stereocenters. The van der Waals surface area contributed by atoms with Gasteiger partial charge in [0, 0.05) is 0 Å². The van der Waals surface area contributed by atoms with Gasteiger partial charge in [-0.2, -0.15) is 0 Å². The molecule has 1 aromatic rings. The normalized spacial score (nSPS) is 13.5. The molecular weight excluding hydrogens is 231 g/mol. The van der Waals surface area contributed by atoms with Crippen molar-refractivity contribution in [3.05, 3.63) is 29.8 Å². The second kappa shape index (κ2) is 5.43. The summed E-state index contributed by atoms with van der Waals surface area (Å²) in [6.07, 6.45) is -0.337. The fraction of sp³-hybridized carbons (Fsp3) is 0.333. The Bertz CT molecular complexity index is 376. The molecule has 90 valence electrons. The summed E-state index contributed by atoms with van der Waals surface area (Å²) in [6, 6.07) is 6.25. The third kappa shape index (κ3) is 3.92. The third-order valence-electron chi connectivity index (χ3n) is 2.14. The van der Waals surface area contributed by atoms with E-state index in [1.807, 2.05) is 0 Å². The number of rotatable bonds is 5. The van der Waals surface area contributed by atoms with Crippen LogP contribution in [0.2, 0.25) is 0 Å². The molecule has 0 bridgehead atoms. The summed E-state index contributed by atoms with van der Waals surface area (Å²) in [7, 11) is -2.55. The van der Waals surface area contributed by atoms with Crippen molar-refractivity contribution in [1.29, 1.82) is 0 Å². The Kier molecular flexibility index (Phi) is 4.46. The molecule has 0 saturated carbocycles. The topological polar surface area (TPSA) is 105 Å². The highest BCUT2D eigenvalue weighted by molar-refractivity contribution is 7.51. The largest absolute Gasteiger partial charge is 0.497 e. The van der Waals surface area contributed by atoms with Gasteiger partial charge in [-0.25, -0.2) is 0 Å². The molecule has 16 heavy (non-hydrogen) atoms. The summed E-state index contributed by atoms with van der Waals surface area (Å²) in [4.78, 5) is 17.7. The van der Waals surface area contributed by atoms with E-state index in [0.717, 1.165) is 0 Å². The van der Waals surface area contributed by atoms with Crippen molar-refractivity contribution in [1.82, 2.24) is 5.43 Å². The summed E-state index contributed by atoms with van der Waals surface area (Å²) in [6.45, 7) is 0. The molecule has 7 heteroatoms. The molecule has 6 nitrogen and oxygen atoms in total. The number of nitrogens with one attached hydrogen (secondary N) is 1. The zero-order valence-electron chi connectivity index (χ0n) is 8.83. The summed E-state index contributed by atoms with van der Waals surface area (Å²) >= 11 is 0. The van der Waals surface area contributed by atoms with Crippen LogP contribution in [0.1, 0.15) is 11.6 Å². The quantitative estimate of drug-likeness (QED) is 0.340. The van der Waals surface area contributed by atoms with E-state index >= 15 is 0 Å². The van der Waals surface area contributed by atoms with Crippen LogP contribution in [0.3, 0.4) is 0 Å². The van der Waals surface area contributed by atoms with Gasteiger partial charge in [-0.1, -0.05) is 12.1 Å². The van der Waals surface area contributed by atoms with Crippen molar-refractivity contribution >= 4 is 7.60 Å². The molecule has 0 aromatic heterocycles. The number of ether oxygens (including phenoxy) is 1. The van der Waals surface area contributed by atoms with Crippen molar-refractivity contribution in [2.24, 2.45) is 5.84 Å².